The summed E-state index contributed by atoms with van der Waals surface area (Å²) in [6, 6.07) is 0. The number of nitrogens with two attached hydrogens (primary N) is 1. The van der Waals surface area contributed by atoms with Gasteiger partial charge in [0.15, 0.2) is 5.82 Å². The summed E-state index contributed by atoms with van der Waals surface area (Å²) >= 11 is 1.95. The molecule has 0 aliphatic heterocycles. The van der Waals surface area contributed by atoms with Crippen LogP contribution < -0.4 is 5.73 Å². The van der Waals surface area contributed by atoms with Crippen molar-refractivity contribution in [2.75, 3.05) is 5.73 Å². The summed E-state index contributed by atoms with van der Waals surface area (Å²) in [5.41, 5.74) is 6.96. The minimum absolute atomic E-state index is 0.0177. The second-order valence-corrected chi connectivity index (χ2v) is 3.73. The van der Waals surface area contributed by atoms with Crippen LogP contribution >= 0.6 is 22.6 Å². The van der Waals surface area contributed by atoms with E-state index in [0.717, 1.165) is 0 Å². The van der Waals surface area contributed by atoms with Crippen molar-refractivity contribution in [1.29, 1.82) is 0 Å². The summed E-state index contributed by atoms with van der Waals surface area (Å²) in [5.74, 6) is 0.316. The van der Waals surface area contributed by atoms with Crippen LogP contribution in [0.1, 0.15) is 15.6 Å². The first-order valence-corrected chi connectivity index (χ1v) is 4.69. The lowest BCUT2D eigenvalue weighted by Gasteiger charge is -2.01. The number of anilines is 1. The second-order valence-electron chi connectivity index (χ2n) is 2.71. The largest absolute Gasteiger partial charge is 0.382 e. The highest BCUT2D eigenvalue weighted by atomic mass is 127. The molecule has 2 aromatic heterocycles. The van der Waals surface area contributed by atoms with Gasteiger partial charge in [0.2, 0.25) is 0 Å². The highest BCUT2D eigenvalue weighted by Gasteiger charge is 2.09. The molecule has 0 aromatic carbocycles. The van der Waals surface area contributed by atoms with Crippen LogP contribution in [-0.2, 0) is 0 Å². The summed E-state index contributed by atoms with van der Waals surface area (Å²) in [6.45, 7) is -0.501. The lowest BCUT2D eigenvalue weighted by molar-refractivity contribution is 1.01. The lowest BCUT2D eigenvalue weighted by atomic mass is 10.4. The number of nitrogens with zero attached hydrogens (tertiary/aromatic N) is 3. The van der Waals surface area contributed by atoms with Gasteiger partial charge in [-0.25, -0.2) is 9.97 Å². The molecule has 0 aliphatic carbocycles. The molecule has 0 radical (unpaired) electrons. The van der Waals surface area contributed by atoms with E-state index in [2.05, 4.69) is 9.97 Å². The molecular weight excluding hydrogens is 279 g/mol. The summed E-state index contributed by atoms with van der Waals surface area (Å²) in [6.07, 6.45) is 1.63. The third-order valence-corrected chi connectivity index (χ3v) is 2.48. The van der Waals surface area contributed by atoms with Gasteiger partial charge in [-0.2, -0.15) is 0 Å². The molecule has 0 spiro atoms. The molecule has 2 rings (SSSR count). The maximum absolute atomic E-state index is 7.39. The van der Waals surface area contributed by atoms with Crippen LogP contribution in [0.4, 0.5) is 5.82 Å². The Labute approximate surface area is 93.5 Å². The van der Waals surface area contributed by atoms with Gasteiger partial charge in [-0.05, 0) is 36.4 Å². The molecule has 0 aliphatic rings. The minimum Gasteiger partial charge on any atom is -0.382 e. The Bertz CT molecular complexity index is 560. The molecule has 5 heteroatoms. The van der Waals surface area contributed by atoms with Crippen molar-refractivity contribution in [1.82, 2.24) is 14.4 Å². The van der Waals surface area contributed by atoms with Crippen LogP contribution in [-0.4, -0.2) is 14.4 Å². The van der Waals surface area contributed by atoms with Crippen molar-refractivity contribution in [3.63, 3.8) is 0 Å². The molecule has 0 fully saturated rings. The Morgan fingerprint density at radius 2 is 2.38 bits per heavy atom. The van der Waals surface area contributed by atoms with E-state index in [1.807, 2.05) is 22.6 Å². The molecule has 0 saturated carbocycles. The van der Waals surface area contributed by atoms with Gasteiger partial charge in [-0.15, -0.1) is 0 Å². The van der Waals surface area contributed by atoms with Crippen molar-refractivity contribution in [3.05, 3.63) is 21.4 Å². The van der Waals surface area contributed by atoms with Crippen molar-refractivity contribution in [2.45, 2.75) is 13.8 Å². The number of hydrogen-bond acceptors (Lipinski definition) is 3. The Morgan fingerprint density at radius 3 is 3.08 bits per heavy atom. The first kappa shape index (κ1) is 5.79. The Morgan fingerprint density at radius 1 is 1.62 bits per heavy atom. The van der Waals surface area contributed by atoms with Gasteiger partial charge in [0.1, 0.15) is 15.0 Å². The van der Waals surface area contributed by atoms with Gasteiger partial charge in [0, 0.05) is 10.3 Å². The average molecular weight is 291 g/mol. The maximum atomic E-state index is 7.39. The molecule has 68 valence electrons. The van der Waals surface area contributed by atoms with E-state index in [4.69, 9.17) is 9.85 Å². The average Bonchev–Trinajstić information content (AvgIpc) is 2.41. The highest BCUT2D eigenvalue weighted by molar-refractivity contribution is 14.1. The van der Waals surface area contributed by atoms with Gasteiger partial charge < -0.3 is 5.73 Å². The Balaban J connectivity index is 2.89. The predicted octanol–water partition coefficient (Wildman–Crippen LogP) is 1.53. The summed E-state index contributed by atoms with van der Waals surface area (Å²) in [5, 5.41) is 0. The third kappa shape index (κ3) is 1.27. The Kier molecular flexibility index (Phi) is 1.26. The number of aromatic nitrogens is 3. The fourth-order valence-electron chi connectivity index (χ4n) is 1.22. The summed E-state index contributed by atoms with van der Waals surface area (Å²) in [4.78, 5) is 8.12. The zero-order chi connectivity index (χ0) is 12.1. The quantitative estimate of drug-likeness (QED) is 0.749. The molecule has 0 unspecified atom stereocenters. The number of aryl methyl sites for hydroxylation is 2. The monoisotopic (exact) mass is 291 g/mol. The molecule has 4 nitrogen and oxygen atoms in total. The van der Waals surface area contributed by atoms with E-state index in [9.17, 15) is 0 Å². The lowest BCUT2D eigenvalue weighted by Crippen LogP contribution is -1.99. The van der Waals surface area contributed by atoms with E-state index in [0.29, 0.717) is 20.7 Å². The second kappa shape index (κ2) is 2.83. The van der Waals surface area contributed by atoms with Gasteiger partial charge >= 0.3 is 0 Å². The zero-order valence-electron chi connectivity index (χ0n) is 9.87. The highest BCUT2D eigenvalue weighted by Crippen LogP contribution is 2.19. The zero-order valence-corrected chi connectivity index (χ0v) is 9.03. The number of fused-ring (bicyclic) bond motifs is 1. The maximum Gasteiger partial charge on any atom is 0.150 e. The van der Waals surface area contributed by atoms with Crippen molar-refractivity contribution in [3.8, 4) is 0 Å². The summed E-state index contributed by atoms with van der Waals surface area (Å²) < 4.78 is 24.2. The smallest absolute Gasteiger partial charge is 0.150 e. The molecular formula is C8H9IN4. The van der Waals surface area contributed by atoms with Gasteiger partial charge in [-0.3, -0.25) is 4.40 Å². The van der Waals surface area contributed by atoms with Crippen molar-refractivity contribution in [2.24, 2.45) is 0 Å². The van der Waals surface area contributed by atoms with E-state index < -0.39 is 6.85 Å². The van der Waals surface area contributed by atoms with Crippen LogP contribution in [0.2, 0.25) is 0 Å². The number of rotatable bonds is 0. The van der Waals surface area contributed by atoms with E-state index >= 15 is 0 Å². The molecule has 0 bridgehead atoms. The van der Waals surface area contributed by atoms with Crippen LogP contribution in [0.5, 0.6) is 0 Å². The SMILES string of the molecule is [2H]C([2H])([2H])c1nc(I)c2c(N)nc(C)cn12. The molecule has 0 atom stereocenters. The van der Waals surface area contributed by atoms with E-state index in [1.165, 1.54) is 4.40 Å². The number of nitrogen functional groups attached to an aromatic ring is 1. The van der Waals surface area contributed by atoms with Gasteiger partial charge in [0.05, 0.1) is 5.69 Å². The van der Waals surface area contributed by atoms with E-state index in [1.54, 1.807) is 13.1 Å². The standard InChI is InChI=1S/C8H9IN4/c1-4-3-13-5(2)12-7(9)6(13)8(10)11-4/h3H,1-2H3,(H2,10,11)/i2D3. The van der Waals surface area contributed by atoms with Crippen LogP contribution in [0.15, 0.2) is 6.20 Å². The van der Waals surface area contributed by atoms with Crippen molar-refractivity contribution < 1.29 is 4.11 Å². The fraction of sp³-hybridized carbons (Fsp3) is 0.250. The van der Waals surface area contributed by atoms with Crippen molar-refractivity contribution >= 4 is 33.9 Å². The van der Waals surface area contributed by atoms with Crippen LogP contribution in [0.25, 0.3) is 5.52 Å². The predicted molar refractivity (Wildman–Crippen MR) is 59.6 cm³/mol. The van der Waals surface area contributed by atoms with Gasteiger partial charge in [0.25, 0.3) is 0 Å². The molecule has 2 N–H and O–H groups in total. The van der Waals surface area contributed by atoms with Crippen LogP contribution in [0, 0.1) is 17.5 Å². The third-order valence-electron chi connectivity index (χ3n) is 1.72. The number of imidazole rings is 1. The topological polar surface area (TPSA) is 56.2 Å². The molecule has 13 heavy (non-hydrogen) atoms. The first-order chi connectivity index (χ1) is 7.30. The molecule has 2 aromatic rings. The summed E-state index contributed by atoms with van der Waals surface area (Å²) in [7, 11) is 0. The van der Waals surface area contributed by atoms with E-state index in [-0.39, 0.29) is 5.82 Å². The Hall–Kier alpha value is -0.850. The normalized spacial score (nSPS) is 15.4. The molecule has 0 amide bonds. The molecule has 2 heterocycles. The number of hydrogen-bond donors (Lipinski definition) is 1. The van der Waals surface area contributed by atoms with Crippen LogP contribution in [0.3, 0.4) is 0 Å². The molecule has 0 saturated heterocycles. The minimum atomic E-state index is -2.26. The first-order valence-electron chi connectivity index (χ1n) is 5.12. The number of halogens is 1. The van der Waals surface area contributed by atoms with Gasteiger partial charge in [-0.1, -0.05) is 0 Å². The fourth-order valence-corrected chi connectivity index (χ4v) is 1.98.